The predicted octanol–water partition coefficient (Wildman–Crippen LogP) is 4.09. The second-order valence-corrected chi connectivity index (χ2v) is 7.45. The molecule has 1 N–H and O–H groups in total. The number of para-hydroxylation sites is 1. The minimum Gasteiger partial charge on any atom is -0.452 e. The maximum absolute atomic E-state index is 12.1. The lowest BCUT2D eigenvalue weighted by molar-refractivity contribution is -0.142. The van der Waals surface area contributed by atoms with Gasteiger partial charge in [-0.2, -0.15) is 5.10 Å². The van der Waals surface area contributed by atoms with Crippen LogP contribution in [0, 0.1) is 6.92 Å². The van der Waals surface area contributed by atoms with E-state index in [0.29, 0.717) is 5.76 Å². The minimum absolute atomic E-state index is 0.267. The quantitative estimate of drug-likeness (QED) is 0.347. The number of anilines is 1. The van der Waals surface area contributed by atoms with Crippen LogP contribution in [0.25, 0.3) is 22.3 Å². The van der Waals surface area contributed by atoms with Crippen molar-refractivity contribution < 1.29 is 18.8 Å². The van der Waals surface area contributed by atoms with Crippen LogP contribution in [0.15, 0.2) is 70.7 Å². The van der Waals surface area contributed by atoms with Crippen LogP contribution in [-0.4, -0.2) is 33.4 Å². The molecule has 31 heavy (non-hydrogen) atoms. The van der Waals surface area contributed by atoms with E-state index in [-0.39, 0.29) is 5.82 Å². The number of rotatable bonds is 7. The van der Waals surface area contributed by atoms with Crippen molar-refractivity contribution in [1.29, 1.82) is 0 Å². The van der Waals surface area contributed by atoms with Gasteiger partial charge in [0.1, 0.15) is 11.5 Å². The zero-order valence-electron chi connectivity index (χ0n) is 16.5. The molecule has 0 aliphatic heterocycles. The van der Waals surface area contributed by atoms with Gasteiger partial charge in [0.05, 0.1) is 10.6 Å². The van der Waals surface area contributed by atoms with Crippen LogP contribution >= 0.6 is 11.3 Å². The maximum Gasteiger partial charge on any atom is 0.331 e. The molecule has 0 fully saturated rings. The highest BCUT2D eigenvalue weighted by Gasteiger charge is 2.13. The Hall–Kier alpha value is -3.98. The fraction of sp³-hybridized carbons (Fsp3) is 0.0909. The Morgan fingerprint density at radius 1 is 1.23 bits per heavy atom. The number of amides is 1. The smallest absolute Gasteiger partial charge is 0.331 e. The molecule has 0 aliphatic rings. The third kappa shape index (κ3) is 5.14. The number of carbonyl (C=O) groups excluding carboxylic acids is 2. The Bertz CT molecular complexity index is 1210. The molecule has 0 bridgehead atoms. The second-order valence-electron chi connectivity index (χ2n) is 6.50. The predicted molar refractivity (Wildman–Crippen MR) is 117 cm³/mol. The lowest BCUT2D eigenvalue weighted by atomic mass is 10.2. The molecule has 4 rings (SSSR count). The Balaban J connectivity index is 1.44. The summed E-state index contributed by atoms with van der Waals surface area (Å²) in [5.74, 6) is -0.321. The summed E-state index contributed by atoms with van der Waals surface area (Å²) in [5.41, 5.74) is 2.41. The first kappa shape index (κ1) is 20.3. The molecule has 4 aromatic rings. The average molecular weight is 434 g/mol. The zero-order chi connectivity index (χ0) is 21.6. The van der Waals surface area contributed by atoms with E-state index in [1.807, 2.05) is 54.0 Å². The van der Waals surface area contributed by atoms with Crippen LogP contribution in [-0.2, 0) is 14.3 Å². The third-order valence-electron chi connectivity index (χ3n) is 4.16. The van der Waals surface area contributed by atoms with Gasteiger partial charge in [0.25, 0.3) is 5.91 Å². The number of thiophene rings is 1. The van der Waals surface area contributed by atoms with Crippen LogP contribution in [0.5, 0.6) is 0 Å². The van der Waals surface area contributed by atoms with Gasteiger partial charge in [0, 0.05) is 23.9 Å². The van der Waals surface area contributed by atoms with Gasteiger partial charge < -0.3 is 14.6 Å². The molecule has 0 atom stereocenters. The molecule has 0 saturated heterocycles. The van der Waals surface area contributed by atoms with Crippen molar-refractivity contribution in [2.24, 2.45) is 0 Å². The van der Waals surface area contributed by atoms with Crippen molar-refractivity contribution in [3.05, 3.63) is 77.5 Å². The molecule has 3 aromatic heterocycles. The first-order valence-corrected chi connectivity index (χ1v) is 10.2. The van der Waals surface area contributed by atoms with Crippen molar-refractivity contribution in [3.63, 3.8) is 0 Å². The highest BCUT2D eigenvalue weighted by molar-refractivity contribution is 7.13. The topological polar surface area (TPSA) is 99.2 Å². The minimum atomic E-state index is -0.643. The van der Waals surface area contributed by atoms with E-state index in [1.54, 1.807) is 35.1 Å². The SMILES string of the molecule is Cc1cc(NC(=O)COC(=O)C=Cc2cn(-c3ccccc3)nc2-c2cccs2)no1. The molecule has 1 amide bonds. The number of hydrogen-bond acceptors (Lipinski definition) is 7. The molecule has 0 radical (unpaired) electrons. The number of aromatic nitrogens is 3. The molecule has 0 saturated carbocycles. The number of nitrogens with zero attached hydrogens (tertiary/aromatic N) is 3. The van der Waals surface area contributed by atoms with Gasteiger partial charge in [-0.25, -0.2) is 9.48 Å². The number of benzene rings is 1. The van der Waals surface area contributed by atoms with Crippen molar-refractivity contribution >= 4 is 35.1 Å². The van der Waals surface area contributed by atoms with Crippen LogP contribution in [0.1, 0.15) is 11.3 Å². The normalized spacial score (nSPS) is 11.0. The fourth-order valence-corrected chi connectivity index (χ4v) is 3.51. The van der Waals surface area contributed by atoms with Crippen molar-refractivity contribution in [2.45, 2.75) is 6.92 Å². The van der Waals surface area contributed by atoms with Gasteiger partial charge in [-0.3, -0.25) is 4.79 Å². The van der Waals surface area contributed by atoms with Crippen LogP contribution in [0.4, 0.5) is 5.82 Å². The Kier molecular flexibility index (Phi) is 6.04. The lowest BCUT2D eigenvalue weighted by Crippen LogP contribution is -2.20. The van der Waals surface area contributed by atoms with Crippen LogP contribution < -0.4 is 5.32 Å². The van der Waals surface area contributed by atoms with Crippen molar-refractivity contribution in [2.75, 3.05) is 11.9 Å². The second kappa shape index (κ2) is 9.23. The van der Waals surface area contributed by atoms with Gasteiger partial charge in [-0.1, -0.05) is 29.4 Å². The fourth-order valence-electron chi connectivity index (χ4n) is 2.77. The van der Waals surface area contributed by atoms with Crippen LogP contribution in [0.2, 0.25) is 0 Å². The number of hydrogen-bond donors (Lipinski definition) is 1. The number of ether oxygens (including phenoxy) is 1. The average Bonchev–Trinajstić information content (AvgIpc) is 3.52. The van der Waals surface area contributed by atoms with Gasteiger partial charge in [-0.15, -0.1) is 11.3 Å². The van der Waals surface area contributed by atoms with E-state index in [4.69, 9.17) is 9.26 Å². The summed E-state index contributed by atoms with van der Waals surface area (Å²) in [5, 5.41) is 12.8. The summed E-state index contributed by atoms with van der Waals surface area (Å²) in [4.78, 5) is 24.9. The van der Waals surface area contributed by atoms with E-state index in [9.17, 15) is 9.59 Å². The van der Waals surface area contributed by atoms with Gasteiger partial charge in [-0.05, 0) is 36.6 Å². The summed E-state index contributed by atoms with van der Waals surface area (Å²) in [7, 11) is 0. The molecule has 8 nitrogen and oxygen atoms in total. The molecular formula is C22H18N4O4S. The van der Waals surface area contributed by atoms with E-state index in [1.165, 1.54) is 6.08 Å². The molecule has 156 valence electrons. The van der Waals surface area contributed by atoms with E-state index in [0.717, 1.165) is 21.8 Å². The molecule has 0 spiro atoms. The molecule has 0 aliphatic carbocycles. The number of aryl methyl sites for hydroxylation is 1. The molecule has 3 heterocycles. The molecule has 9 heteroatoms. The first-order chi connectivity index (χ1) is 15.1. The summed E-state index contributed by atoms with van der Waals surface area (Å²) in [6, 6.07) is 15.2. The largest absolute Gasteiger partial charge is 0.452 e. The highest BCUT2D eigenvalue weighted by Crippen LogP contribution is 2.28. The summed E-state index contributed by atoms with van der Waals surface area (Å²) >= 11 is 1.56. The molecule has 0 unspecified atom stereocenters. The van der Waals surface area contributed by atoms with Gasteiger partial charge >= 0.3 is 5.97 Å². The van der Waals surface area contributed by atoms with Crippen molar-refractivity contribution in [1.82, 2.24) is 14.9 Å². The van der Waals surface area contributed by atoms with E-state index < -0.39 is 18.5 Å². The first-order valence-electron chi connectivity index (χ1n) is 9.35. The summed E-state index contributed by atoms with van der Waals surface area (Å²) in [6.45, 7) is 1.27. The van der Waals surface area contributed by atoms with Gasteiger partial charge in [0.15, 0.2) is 12.4 Å². The Morgan fingerprint density at radius 3 is 2.77 bits per heavy atom. The monoisotopic (exact) mass is 434 g/mol. The number of carbonyl (C=O) groups is 2. The van der Waals surface area contributed by atoms with Crippen LogP contribution in [0.3, 0.4) is 0 Å². The summed E-state index contributed by atoms with van der Waals surface area (Å²) < 4.78 is 11.6. The van der Waals surface area contributed by atoms with Gasteiger partial charge in [0.2, 0.25) is 0 Å². The van der Waals surface area contributed by atoms with E-state index >= 15 is 0 Å². The Labute approximate surface area is 181 Å². The standard InChI is InChI=1S/C22H18N4O4S/c1-15-12-19(25-30-15)23-20(27)14-29-21(28)10-9-16-13-26(17-6-3-2-4-7-17)24-22(16)18-8-5-11-31-18/h2-13H,14H2,1H3,(H,23,25,27). The number of nitrogens with one attached hydrogen (secondary N) is 1. The third-order valence-corrected chi connectivity index (χ3v) is 5.03. The maximum atomic E-state index is 12.1. The molecule has 1 aromatic carbocycles. The van der Waals surface area contributed by atoms with Crippen molar-refractivity contribution in [3.8, 4) is 16.3 Å². The Morgan fingerprint density at radius 2 is 2.06 bits per heavy atom. The number of esters is 1. The highest BCUT2D eigenvalue weighted by atomic mass is 32.1. The van der Waals surface area contributed by atoms with E-state index in [2.05, 4.69) is 15.6 Å². The molecular weight excluding hydrogens is 416 g/mol. The zero-order valence-corrected chi connectivity index (χ0v) is 17.3. The summed E-state index contributed by atoms with van der Waals surface area (Å²) in [6.07, 6.45) is 4.74. The lowest BCUT2D eigenvalue weighted by Gasteiger charge is -2.01.